The van der Waals surface area contributed by atoms with Gasteiger partial charge in [0.15, 0.2) is 5.96 Å². The van der Waals surface area contributed by atoms with E-state index >= 15 is 0 Å². The van der Waals surface area contributed by atoms with Gasteiger partial charge in [-0.2, -0.15) is 5.10 Å². The number of benzene rings is 1. The lowest BCUT2D eigenvalue weighted by Crippen LogP contribution is -2.45. The quantitative estimate of drug-likeness (QED) is 0.305. The van der Waals surface area contributed by atoms with Gasteiger partial charge in [0.25, 0.3) is 0 Å². The Morgan fingerprint density at radius 2 is 2.15 bits per heavy atom. The van der Waals surface area contributed by atoms with Crippen LogP contribution in [0.2, 0.25) is 0 Å². The molecule has 6 nitrogen and oxygen atoms in total. The SMILES string of the molecule is CN=C(NCCCn1cccn1)NC1CC(C)(C)Oc2ccccc21.I. The van der Waals surface area contributed by atoms with Crippen LogP contribution in [0.3, 0.4) is 0 Å². The summed E-state index contributed by atoms with van der Waals surface area (Å²) >= 11 is 0. The summed E-state index contributed by atoms with van der Waals surface area (Å²) in [4.78, 5) is 4.37. The molecule has 1 aliphatic heterocycles. The molecule has 142 valence electrons. The van der Waals surface area contributed by atoms with Gasteiger partial charge in [-0.3, -0.25) is 9.67 Å². The van der Waals surface area contributed by atoms with Crippen molar-refractivity contribution in [2.24, 2.45) is 4.99 Å². The Morgan fingerprint density at radius 3 is 2.88 bits per heavy atom. The number of para-hydroxylation sites is 1. The van der Waals surface area contributed by atoms with Crippen molar-refractivity contribution in [3.63, 3.8) is 0 Å². The van der Waals surface area contributed by atoms with E-state index in [2.05, 4.69) is 46.7 Å². The molecule has 2 aromatic rings. The molecule has 0 spiro atoms. The Morgan fingerprint density at radius 1 is 1.35 bits per heavy atom. The lowest BCUT2D eigenvalue weighted by Gasteiger charge is -2.38. The summed E-state index contributed by atoms with van der Waals surface area (Å²) in [6, 6.07) is 10.3. The van der Waals surface area contributed by atoms with Gasteiger partial charge in [0, 0.05) is 44.5 Å². The van der Waals surface area contributed by atoms with Crippen molar-refractivity contribution >= 4 is 29.9 Å². The zero-order chi connectivity index (χ0) is 17.7. The Kier molecular flexibility index (Phi) is 7.31. The standard InChI is InChI=1S/C19H27N5O.HI/c1-19(2)14-16(15-8-4-5-9-17(15)25-19)23-18(20-3)21-10-6-12-24-13-7-11-22-24;/h4-5,7-9,11,13,16H,6,10,12,14H2,1-3H3,(H2,20,21,23);1H. The summed E-state index contributed by atoms with van der Waals surface area (Å²) in [6.07, 6.45) is 5.66. The van der Waals surface area contributed by atoms with Crippen LogP contribution >= 0.6 is 24.0 Å². The maximum Gasteiger partial charge on any atom is 0.191 e. The highest BCUT2D eigenvalue weighted by Gasteiger charge is 2.33. The highest BCUT2D eigenvalue weighted by molar-refractivity contribution is 14.0. The van der Waals surface area contributed by atoms with Crippen molar-refractivity contribution in [1.82, 2.24) is 20.4 Å². The number of hydrogen-bond donors (Lipinski definition) is 2. The smallest absolute Gasteiger partial charge is 0.191 e. The van der Waals surface area contributed by atoms with Gasteiger partial charge < -0.3 is 15.4 Å². The van der Waals surface area contributed by atoms with E-state index < -0.39 is 0 Å². The van der Waals surface area contributed by atoms with Crippen LogP contribution in [0.5, 0.6) is 5.75 Å². The normalized spacial score (nSPS) is 18.3. The van der Waals surface area contributed by atoms with Crippen LogP contribution in [-0.4, -0.2) is 34.9 Å². The van der Waals surface area contributed by atoms with E-state index in [4.69, 9.17) is 4.74 Å². The largest absolute Gasteiger partial charge is 0.487 e. The van der Waals surface area contributed by atoms with Crippen LogP contribution in [-0.2, 0) is 6.54 Å². The molecule has 0 saturated carbocycles. The molecule has 2 N–H and O–H groups in total. The van der Waals surface area contributed by atoms with Gasteiger partial charge in [-0.1, -0.05) is 18.2 Å². The predicted molar refractivity (Wildman–Crippen MR) is 115 cm³/mol. The average Bonchev–Trinajstić information content (AvgIpc) is 3.10. The molecule has 1 aliphatic rings. The fourth-order valence-electron chi connectivity index (χ4n) is 3.17. The number of guanidine groups is 1. The molecule has 0 aliphatic carbocycles. The third-order valence-electron chi connectivity index (χ3n) is 4.33. The van der Waals surface area contributed by atoms with E-state index in [1.54, 1.807) is 13.2 Å². The summed E-state index contributed by atoms with van der Waals surface area (Å²) in [7, 11) is 1.80. The first kappa shape index (κ1) is 20.5. The van der Waals surface area contributed by atoms with Crippen molar-refractivity contribution in [1.29, 1.82) is 0 Å². The summed E-state index contributed by atoms with van der Waals surface area (Å²) in [5.41, 5.74) is 0.978. The highest BCUT2D eigenvalue weighted by Crippen LogP contribution is 2.39. The van der Waals surface area contributed by atoms with E-state index in [9.17, 15) is 0 Å². The zero-order valence-corrected chi connectivity index (χ0v) is 17.9. The van der Waals surface area contributed by atoms with E-state index in [1.165, 1.54) is 5.56 Å². The van der Waals surface area contributed by atoms with Crippen molar-refractivity contribution in [2.45, 2.75) is 44.9 Å². The van der Waals surface area contributed by atoms with Crippen LogP contribution in [0.15, 0.2) is 47.7 Å². The molecule has 0 saturated heterocycles. The van der Waals surface area contributed by atoms with E-state index in [-0.39, 0.29) is 35.6 Å². The number of ether oxygens (including phenoxy) is 1. The fourth-order valence-corrected chi connectivity index (χ4v) is 3.17. The molecule has 0 radical (unpaired) electrons. The molecule has 0 amide bonds. The maximum atomic E-state index is 6.09. The Labute approximate surface area is 172 Å². The second-order valence-corrected chi connectivity index (χ2v) is 6.92. The van der Waals surface area contributed by atoms with Crippen LogP contribution in [0.4, 0.5) is 0 Å². The van der Waals surface area contributed by atoms with E-state index in [1.807, 2.05) is 29.1 Å². The molecule has 26 heavy (non-hydrogen) atoms. The lowest BCUT2D eigenvalue weighted by molar-refractivity contribution is 0.0694. The van der Waals surface area contributed by atoms with Crippen molar-refractivity contribution in [3.8, 4) is 5.75 Å². The second kappa shape index (κ2) is 9.25. The molecule has 3 rings (SSSR count). The minimum Gasteiger partial charge on any atom is -0.487 e. The number of aryl methyl sites for hydroxylation is 1. The first-order valence-corrected chi connectivity index (χ1v) is 8.80. The van der Waals surface area contributed by atoms with Gasteiger partial charge in [-0.05, 0) is 32.4 Å². The number of nitrogens with one attached hydrogen (secondary N) is 2. The van der Waals surface area contributed by atoms with Gasteiger partial charge in [0.2, 0.25) is 0 Å². The monoisotopic (exact) mass is 469 g/mol. The average molecular weight is 469 g/mol. The number of hydrogen-bond acceptors (Lipinski definition) is 3. The third kappa shape index (κ3) is 5.36. The first-order valence-electron chi connectivity index (χ1n) is 8.80. The van der Waals surface area contributed by atoms with Gasteiger partial charge in [0.1, 0.15) is 11.4 Å². The Balaban J connectivity index is 0.00000243. The molecule has 1 aromatic carbocycles. The highest BCUT2D eigenvalue weighted by atomic mass is 127. The Bertz CT molecular complexity index is 714. The number of rotatable bonds is 5. The van der Waals surface area contributed by atoms with Gasteiger partial charge >= 0.3 is 0 Å². The number of fused-ring (bicyclic) bond motifs is 1. The zero-order valence-electron chi connectivity index (χ0n) is 15.6. The molecular weight excluding hydrogens is 441 g/mol. The molecule has 2 heterocycles. The van der Waals surface area contributed by atoms with Crippen LogP contribution in [0.1, 0.15) is 38.3 Å². The van der Waals surface area contributed by atoms with Gasteiger partial charge in [0.05, 0.1) is 6.04 Å². The minimum atomic E-state index is -0.203. The number of nitrogens with zero attached hydrogens (tertiary/aromatic N) is 3. The fraction of sp³-hybridized carbons (Fsp3) is 0.474. The predicted octanol–water partition coefficient (Wildman–Crippen LogP) is 3.36. The minimum absolute atomic E-state index is 0. The number of aliphatic imine (C=N–C) groups is 1. The molecular formula is C19H28IN5O. The molecule has 1 atom stereocenters. The lowest BCUT2D eigenvalue weighted by atomic mass is 9.90. The van der Waals surface area contributed by atoms with Crippen molar-refractivity contribution in [2.75, 3.05) is 13.6 Å². The third-order valence-corrected chi connectivity index (χ3v) is 4.33. The molecule has 1 aromatic heterocycles. The van der Waals surface area contributed by atoms with Crippen LogP contribution in [0, 0.1) is 0 Å². The van der Waals surface area contributed by atoms with E-state index in [0.717, 1.165) is 37.6 Å². The van der Waals surface area contributed by atoms with E-state index in [0.29, 0.717) is 0 Å². The van der Waals surface area contributed by atoms with Crippen molar-refractivity contribution < 1.29 is 4.74 Å². The van der Waals surface area contributed by atoms with Gasteiger partial charge in [-0.15, -0.1) is 24.0 Å². The van der Waals surface area contributed by atoms with Gasteiger partial charge in [-0.25, -0.2) is 0 Å². The summed E-state index contributed by atoms with van der Waals surface area (Å²) in [6.45, 7) is 5.98. The molecule has 0 fully saturated rings. The van der Waals surface area contributed by atoms with Crippen LogP contribution in [0.25, 0.3) is 0 Å². The molecule has 0 bridgehead atoms. The Hall–Kier alpha value is -1.77. The topological polar surface area (TPSA) is 63.5 Å². The summed E-state index contributed by atoms with van der Waals surface area (Å²) < 4.78 is 8.03. The molecule has 1 unspecified atom stereocenters. The summed E-state index contributed by atoms with van der Waals surface area (Å²) in [5.74, 6) is 1.77. The number of aromatic nitrogens is 2. The molecule has 7 heteroatoms. The number of halogens is 1. The maximum absolute atomic E-state index is 6.09. The first-order chi connectivity index (χ1) is 12.1. The summed E-state index contributed by atoms with van der Waals surface area (Å²) in [5, 5.41) is 11.2. The van der Waals surface area contributed by atoms with Crippen molar-refractivity contribution in [3.05, 3.63) is 48.3 Å². The van der Waals surface area contributed by atoms with Crippen LogP contribution < -0.4 is 15.4 Å². The second-order valence-electron chi connectivity index (χ2n) is 6.92.